The van der Waals surface area contributed by atoms with E-state index in [0.29, 0.717) is 5.92 Å². The molecule has 0 saturated heterocycles. The molecule has 0 spiro atoms. The van der Waals surface area contributed by atoms with Crippen LogP contribution in [0, 0.1) is 5.92 Å². The molecule has 0 bridgehead atoms. The Morgan fingerprint density at radius 2 is 1.75 bits per heavy atom. The molecule has 0 saturated carbocycles. The number of rotatable bonds is 7. The van der Waals surface area contributed by atoms with Crippen molar-refractivity contribution in [1.29, 1.82) is 0 Å². The molecule has 0 radical (unpaired) electrons. The van der Waals surface area contributed by atoms with Gasteiger partial charge >= 0.3 is 0 Å². The van der Waals surface area contributed by atoms with Crippen LogP contribution in [0.15, 0.2) is 0 Å². The van der Waals surface area contributed by atoms with E-state index in [9.17, 15) is 8.42 Å². The maximum Gasteiger partial charge on any atom is 0.154 e. The minimum Gasteiger partial charge on any atom is -0.271 e. The molecule has 0 heterocycles. The van der Waals surface area contributed by atoms with Gasteiger partial charge in [0.25, 0.3) is 0 Å². The maximum atomic E-state index is 11.7. The third-order valence-electron chi connectivity index (χ3n) is 3.27. The van der Waals surface area contributed by atoms with Gasteiger partial charge in [-0.3, -0.25) is 11.3 Å². The predicted molar refractivity (Wildman–Crippen MR) is 68.7 cm³/mol. The van der Waals surface area contributed by atoms with Crippen molar-refractivity contribution in [2.24, 2.45) is 11.8 Å². The lowest BCUT2D eigenvalue weighted by Gasteiger charge is -2.32. The second kappa shape index (κ2) is 5.98. The van der Waals surface area contributed by atoms with Crippen LogP contribution in [-0.2, 0) is 9.84 Å². The minimum atomic E-state index is -3.11. The van der Waals surface area contributed by atoms with Gasteiger partial charge in [0.1, 0.15) is 0 Å². The summed E-state index contributed by atoms with van der Waals surface area (Å²) in [5, 5.41) is 0. The van der Waals surface area contributed by atoms with Gasteiger partial charge in [-0.2, -0.15) is 0 Å². The molecule has 1 atom stereocenters. The van der Waals surface area contributed by atoms with Crippen molar-refractivity contribution >= 4 is 9.84 Å². The van der Waals surface area contributed by atoms with Gasteiger partial charge in [-0.15, -0.1) is 0 Å². The Morgan fingerprint density at radius 3 is 2.06 bits per heavy atom. The summed E-state index contributed by atoms with van der Waals surface area (Å²) in [5.74, 6) is 6.10. The van der Waals surface area contributed by atoms with E-state index < -0.39 is 14.6 Å². The van der Waals surface area contributed by atoms with E-state index in [1.807, 2.05) is 0 Å². The van der Waals surface area contributed by atoms with Gasteiger partial charge in [-0.05, 0) is 26.2 Å². The second-order valence-electron chi connectivity index (χ2n) is 5.42. The van der Waals surface area contributed by atoms with Gasteiger partial charge in [-0.25, -0.2) is 8.42 Å². The Bertz CT molecular complexity index is 297. The lowest BCUT2D eigenvalue weighted by atomic mass is 9.96. The van der Waals surface area contributed by atoms with Crippen molar-refractivity contribution in [2.75, 3.05) is 6.26 Å². The van der Waals surface area contributed by atoms with Crippen LogP contribution in [0.3, 0.4) is 0 Å². The van der Waals surface area contributed by atoms with E-state index in [4.69, 9.17) is 5.84 Å². The third kappa shape index (κ3) is 4.39. The predicted octanol–water partition coefficient (Wildman–Crippen LogP) is 1.47. The van der Waals surface area contributed by atoms with E-state index in [-0.39, 0.29) is 6.04 Å². The van der Waals surface area contributed by atoms with Gasteiger partial charge < -0.3 is 0 Å². The van der Waals surface area contributed by atoms with Crippen molar-refractivity contribution in [3.8, 4) is 0 Å². The van der Waals surface area contributed by atoms with Gasteiger partial charge in [0.2, 0.25) is 0 Å². The molecular formula is C11H26N2O2S. The number of hydrogen-bond acceptors (Lipinski definition) is 4. The van der Waals surface area contributed by atoms with Crippen LogP contribution in [0.25, 0.3) is 0 Å². The fraction of sp³-hybridized carbons (Fsp3) is 1.00. The Morgan fingerprint density at radius 1 is 1.25 bits per heavy atom. The number of sulfone groups is 1. The first-order valence-electron chi connectivity index (χ1n) is 5.78. The molecule has 0 aromatic carbocycles. The smallest absolute Gasteiger partial charge is 0.154 e. The van der Waals surface area contributed by atoms with Crippen LogP contribution >= 0.6 is 0 Å². The van der Waals surface area contributed by atoms with Crippen molar-refractivity contribution in [1.82, 2.24) is 5.43 Å². The zero-order valence-electron chi connectivity index (χ0n) is 11.1. The van der Waals surface area contributed by atoms with Crippen LogP contribution in [0.4, 0.5) is 0 Å². The van der Waals surface area contributed by atoms with E-state index in [1.54, 1.807) is 13.8 Å². The first kappa shape index (κ1) is 15.9. The van der Waals surface area contributed by atoms with Crippen LogP contribution in [-0.4, -0.2) is 25.5 Å². The summed E-state index contributed by atoms with van der Waals surface area (Å²) in [7, 11) is -3.11. The van der Waals surface area contributed by atoms with Crippen molar-refractivity contribution in [2.45, 2.75) is 57.7 Å². The molecule has 1 unspecified atom stereocenters. The fourth-order valence-corrected chi connectivity index (χ4v) is 2.32. The van der Waals surface area contributed by atoms with Gasteiger partial charge in [0.05, 0.1) is 4.75 Å². The molecule has 0 aromatic heterocycles. The number of nitrogens with two attached hydrogens (primary N) is 1. The lowest BCUT2D eigenvalue weighted by molar-refractivity contribution is 0.372. The molecular weight excluding hydrogens is 224 g/mol. The summed E-state index contributed by atoms with van der Waals surface area (Å²) in [6.07, 6.45) is 4.14. The maximum absolute atomic E-state index is 11.7. The Kier molecular flexibility index (Phi) is 5.93. The highest BCUT2D eigenvalue weighted by Crippen LogP contribution is 2.24. The average Bonchev–Trinajstić information content (AvgIpc) is 2.09. The summed E-state index contributed by atoms with van der Waals surface area (Å²) in [6.45, 7) is 7.77. The molecule has 0 aliphatic rings. The molecule has 4 nitrogen and oxygen atoms in total. The van der Waals surface area contributed by atoms with Gasteiger partial charge in [-0.1, -0.05) is 26.7 Å². The summed E-state index contributed by atoms with van der Waals surface area (Å²) in [5.41, 5.74) is 2.64. The highest BCUT2D eigenvalue weighted by atomic mass is 32.2. The SMILES string of the molecule is CC(C)CCCC(NN)C(C)(C)S(C)(=O)=O. The topological polar surface area (TPSA) is 72.2 Å². The molecule has 0 aromatic rings. The molecule has 98 valence electrons. The minimum absolute atomic E-state index is 0.193. The van der Waals surface area contributed by atoms with Crippen LogP contribution in [0.1, 0.15) is 47.0 Å². The van der Waals surface area contributed by atoms with Gasteiger partial charge in [0.15, 0.2) is 9.84 Å². The number of hydrazine groups is 1. The van der Waals surface area contributed by atoms with Gasteiger partial charge in [0, 0.05) is 12.3 Å². The number of hydrogen-bond donors (Lipinski definition) is 2. The molecule has 16 heavy (non-hydrogen) atoms. The highest BCUT2D eigenvalue weighted by molar-refractivity contribution is 7.92. The van der Waals surface area contributed by atoms with E-state index in [0.717, 1.165) is 19.3 Å². The molecule has 0 amide bonds. The van der Waals surface area contributed by atoms with Crippen LogP contribution < -0.4 is 11.3 Å². The summed E-state index contributed by atoms with van der Waals surface area (Å²) >= 11 is 0. The summed E-state index contributed by atoms with van der Waals surface area (Å²) < 4.78 is 22.5. The van der Waals surface area contributed by atoms with Crippen molar-refractivity contribution in [3.05, 3.63) is 0 Å². The monoisotopic (exact) mass is 250 g/mol. The normalized spacial score (nSPS) is 15.4. The average molecular weight is 250 g/mol. The van der Waals surface area contributed by atoms with Crippen LogP contribution in [0.5, 0.6) is 0 Å². The Balaban J connectivity index is 4.50. The van der Waals surface area contributed by atoms with Crippen molar-refractivity contribution < 1.29 is 8.42 Å². The molecule has 0 aliphatic heterocycles. The summed E-state index contributed by atoms with van der Waals surface area (Å²) in [6, 6.07) is -0.193. The third-order valence-corrected chi connectivity index (χ3v) is 5.47. The Hall–Kier alpha value is -0.130. The largest absolute Gasteiger partial charge is 0.271 e. The number of nitrogens with one attached hydrogen (secondary N) is 1. The zero-order valence-corrected chi connectivity index (χ0v) is 11.9. The molecule has 3 N–H and O–H groups in total. The van der Waals surface area contributed by atoms with Crippen LogP contribution in [0.2, 0.25) is 0 Å². The first-order chi connectivity index (χ1) is 7.13. The fourth-order valence-electron chi connectivity index (χ4n) is 1.62. The Labute approximate surface area is 99.9 Å². The lowest BCUT2D eigenvalue weighted by Crippen LogP contribution is -2.53. The molecule has 5 heteroatoms. The van der Waals surface area contributed by atoms with E-state index in [1.165, 1.54) is 6.26 Å². The molecule has 0 fully saturated rings. The van der Waals surface area contributed by atoms with E-state index in [2.05, 4.69) is 19.3 Å². The highest BCUT2D eigenvalue weighted by Gasteiger charge is 2.37. The zero-order chi connectivity index (χ0) is 13.0. The summed E-state index contributed by atoms with van der Waals surface area (Å²) in [4.78, 5) is 0. The first-order valence-corrected chi connectivity index (χ1v) is 7.67. The quantitative estimate of drug-likeness (QED) is 0.530. The second-order valence-corrected chi connectivity index (χ2v) is 8.02. The van der Waals surface area contributed by atoms with Crippen molar-refractivity contribution in [3.63, 3.8) is 0 Å². The standard InChI is InChI=1S/C11H26N2O2S/c1-9(2)7-6-8-10(13-12)11(3,4)16(5,14)15/h9-10,13H,6-8,12H2,1-5H3. The molecule has 0 rings (SSSR count). The molecule has 0 aliphatic carbocycles. The van der Waals surface area contributed by atoms with E-state index >= 15 is 0 Å².